The Bertz CT molecular complexity index is 571. The molecule has 2 aromatic rings. The Balaban J connectivity index is 2.16. The van der Waals surface area contributed by atoms with Gasteiger partial charge < -0.3 is 9.84 Å². The van der Waals surface area contributed by atoms with Crippen molar-refractivity contribution in [2.75, 3.05) is 0 Å². The van der Waals surface area contributed by atoms with E-state index in [1.54, 1.807) is 13.0 Å². The standard InChI is InChI=1S/C15H13ClO3/c1-10-7-12(8-13(16)14(10)15(17)18)19-9-11-5-3-2-4-6-11/h2-8H,9H2,1H3,(H,17,18). The molecule has 0 heterocycles. The molecule has 19 heavy (non-hydrogen) atoms. The van der Waals surface area contributed by atoms with E-state index in [0.717, 1.165) is 5.56 Å². The lowest BCUT2D eigenvalue weighted by Crippen LogP contribution is -2.02. The molecule has 0 aliphatic rings. The van der Waals surface area contributed by atoms with E-state index in [2.05, 4.69) is 0 Å². The monoisotopic (exact) mass is 276 g/mol. The Morgan fingerprint density at radius 2 is 1.95 bits per heavy atom. The zero-order valence-corrected chi connectivity index (χ0v) is 11.1. The lowest BCUT2D eigenvalue weighted by Gasteiger charge is -2.10. The maximum atomic E-state index is 11.0. The number of aromatic carboxylic acids is 1. The van der Waals surface area contributed by atoms with Crippen LogP contribution >= 0.6 is 11.6 Å². The quantitative estimate of drug-likeness (QED) is 0.920. The second-order valence-electron chi connectivity index (χ2n) is 4.18. The zero-order valence-electron chi connectivity index (χ0n) is 10.4. The van der Waals surface area contributed by atoms with Crippen molar-refractivity contribution in [2.45, 2.75) is 13.5 Å². The van der Waals surface area contributed by atoms with Gasteiger partial charge in [0, 0.05) is 0 Å². The highest BCUT2D eigenvalue weighted by Crippen LogP contribution is 2.27. The molecule has 0 atom stereocenters. The molecule has 0 saturated heterocycles. The largest absolute Gasteiger partial charge is 0.489 e. The van der Waals surface area contributed by atoms with Crippen molar-refractivity contribution in [3.8, 4) is 5.75 Å². The van der Waals surface area contributed by atoms with Crippen LogP contribution in [0.5, 0.6) is 5.75 Å². The minimum atomic E-state index is -1.03. The Hall–Kier alpha value is -2.00. The fourth-order valence-corrected chi connectivity index (χ4v) is 2.15. The minimum Gasteiger partial charge on any atom is -0.489 e. The van der Waals surface area contributed by atoms with Crippen LogP contribution in [0.4, 0.5) is 0 Å². The van der Waals surface area contributed by atoms with Crippen LogP contribution in [-0.4, -0.2) is 11.1 Å². The first-order valence-electron chi connectivity index (χ1n) is 5.78. The van der Waals surface area contributed by atoms with E-state index in [-0.39, 0.29) is 10.6 Å². The van der Waals surface area contributed by atoms with Gasteiger partial charge in [-0.05, 0) is 30.2 Å². The summed E-state index contributed by atoms with van der Waals surface area (Å²) in [6, 6.07) is 12.9. The molecule has 0 aliphatic heterocycles. The smallest absolute Gasteiger partial charge is 0.337 e. The summed E-state index contributed by atoms with van der Waals surface area (Å²) in [6.07, 6.45) is 0. The Morgan fingerprint density at radius 1 is 1.26 bits per heavy atom. The number of halogens is 1. The minimum absolute atomic E-state index is 0.119. The molecule has 4 heteroatoms. The number of carboxylic acid groups (broad SMARTS) is 1. The number of benzene rings is 2. The van der Waals surface area contributed by atoms with E-state index >= 15 is 0 Å². The molecular weight excluding hydrogens is 264 g/mol. The van der Waals surface area contributed by atoms with Crippen LogP contribution in [0, 0.1) is 6.92 Å². The summed E-state index contributed by atoms with van der Waals surface area (Å²) in [7, 11) is 0. The van der Waals surface area contributed by atoms with Crippen molar-refractivity contribution in [1.82, 2.24) is 0 Å². The van der Waals surface area contributed by atoms with Gasteiger partial charge in [-0.15, -0.1) is 0 Å². The van der Waals surface area contributed by atoms with E-state index in [9.17, 15) is 4.79 Å². The maximum Gasteiger partial charge on any atom is 0.337 e. The van der Waals surface area contributed by atoms with Crippen molar-refractivity contribution in [3.05, 3.63) is 64.2 Å². The molecule has 0 radical (unpaired) electrons. The molecule has 0 spiro atoms. The van der Waals surface area contributed by atoms with Gasteiger partial charge in [0.1, 0.15) is 12.4 Å². The van der Waals surface area contributed by atoms with Crippen LogP contribution in [-0.2, 0) is 6.61 Å². The molecule has 0 aliphatic carbocycles. The molecule has 2 aromatic carbocycles. The molecule has 0 saturated carbocycles. The van der Waals surface area contributed by atoms with Gasteiger partial charge in [0.25, 0.3) is 0 Å². The summed E-state index contributed by atoms with van der Waals surface area (Å²) in [5, 5.41) is 9.21. The highest BCUT2D eigenvalue weighted by atomic mass is 35.5. The second kappa shape index (κ2) is 5.76. The molecule has 1 N–H and O–H groups in total. The predicted molar refractivity (Wildman–Crippen MR) is 73.9 cm³/mol. The third kappa shape index (κ3) is 3.26. The topological polar surface area (TPSA) is 46.5 Å². The van der Waals surface area contributed by atoms with E-state index in [4.69, 9.17) is 21.4 Å². The van der Waals surface area contributed by atoms with E-state index in [1.165, 1.54) is 6.07 Å². The summed E-state index contributed by atoms with van der Waals surface area (Å²) in [4.78, 5) is 11.0. The Kier molecular flexibility index (Phi) is 4.07. The molecule has 0 bridgehead atoms. The van der Waals surface area contributed by atoms with Gasteiger partial charge >= 0.3 is 5.97 Å². The summed E-state index contributed by atoms with van der Waals surface area (Å²) >= 11 is 5.95. The number of ether oxygens (including phenoxy) is 1. The van der Waals surface area contributed by atoms with Gasteiger partial charge in [0.15, 0.2) is 0 Å². The summed E-state index contributed by atoms with van der Waals surface area (Å²) in [5.41, 5.74) is 1.75. The van der Waals surface area contributed by atoms with Crippen molar-refractivity contribution >= 4 is 17.6 Å². The lowest BCUT2D eigenvalue weighted by atomic mass is 10.1. The number of carbonyl (C=O) groups is 1. The first-order valence-corrected chi connectivity index (χ1v) is 6.16. The second-order valence-corrected chi connectivity index (χ2v) is 4.58. The van der Waals surface area contributed by atoms with E-state index < -0.39 is 5.97 Å². The van der Waals surface area contributed by atoms with Crippen molar-refractivity contribution in [3.63, 3.8) is 0 Å². The zero-order chi connectivity index (χ0) is 13.8. The molecule has 0 amide bonds. The van der Waals surface area contributed by atoms with Gasteiger partial charge in [-0.25, -0.2) is 4.79 Å². The highest BCUT2D eigenvalue weighted by molar-refractivity contribution is 6.33. The number of carboxylic acids is 1. The van der Waals surface area contributed by atoms with Crippen molar-refractivity contribution < 1.29 is 14.6 Å². The van der Waals surface area contributed by atoms with Crippen molar-refractivity contribution in [1.29, 1.82) is 0 Å². The number of hydrogen-bond donors (Lipinski definition) is 1. The van der Waals surface area contributed by atoms with Crippen LogP contribution in [0.1, 0.15) is 21.5 Å². The van der Waals surface area contributed by atoms with Crippen LogP contribution in [0.3, 0.4) is 0 Å². The summed E-state index contributed by atoms with van der Waals surface area (Å²) in [6.45, 7) is 2.12. The molecular formula is C15H13ClO3. The molecule has 0 unspecified atom stereocenters. The van der Waals surface area contributed by atoms with Crippen LogP contribution < -0.4 is 4.74 Å². The maximum absolute atomic E-state index is 11.0. The lowest BCUT2D eigenvalue weighted by molar-refractivity contribution is 0.0696. The molecule has 3 nitrogen and oxygen atoms in total. The number of aryl methyl sites for hydroxylation is 1. The summed E-state index contributed by atoms with van der Waals surface area (Å²) < 4.78 is 5.61. The average Bonchev–Trinajstić information content (AvgIpc) is 2.36. The van der Waals surface area contributed by atoms with Crippen LogP contribution in [0.15, 0.2) is 42.5 Å². The van der Waals surface area contributed by atoms with E-state index in [0.29, 0.717) is 17.9 Å². The molecule has 98 valence electrons. The average molecular weight is 277 g/mol. The van der Waals surface area contributed by atoms with Gasteiger partial charge in [-0.1, -0.05) is 41.9 Å². The third-order valence-corrected chi connectivity index (χ3v) is 3.02. The predicted octanol–water partition coefficient (Wildman–Crippen LogP) is 3.93. The Morgan fingerprint density at radius 3 is 2.53 bits per heavy atom. The van der Waals surface area contributed by atoms with Gasteiger partial charge in [0.05, 0.1) is 10.6 Å². The first-order chi connectivity index (χ1) is 9.08. The summed E-state index contributed by atoms with van der Waals surface area (Å²) in [5.74, 6) is -0.464. The Labute approximate surface area is 116 Å². The van der Waals surface area contributed by atoms with E-state index in [1.807, 2.05) is 30.3 Å². The van der Waals surface area contributed by atoms with Crippen LogP contribution in [0.25, 0.3) is 0 Å². The van der Waals surface area contributed by atoms with Crippen molar-refractivity contribution in [2.24, 2.45) is 0 Å². The SMILES string of the molecule is Cc1cc(OCc2ccccc2)cc(Cl)c1C(=O)O. The van der Waals surface area contributed by atoms with Crippen LogP contribution in [0.2, 0.25) is 5.02 Å². The number of rotatable bonds is 4. The fraction of sp³-hybridized carbons (Fsp3) is 0.133. The molecule has 0 fully saturated rings. The highest BCUT2D eigenvalue weighted by Gasteiger charge is 2.13. The normalized spacial score (nSPS) is 10.2. The molecule has 2 rings (SSSR count). The van der Waals surface area contributed by atoms with Gasteiger partial charge in [0.2, 0.25) is 0 Å². The van der Waals surface area contributed by atoms with Gasteiger partial charge in [-0.2, -0.15) is 0 Å². The first kappa shape index (κ1) is 13.4. The number of hydrogen-bond acceptors (Lipinski definition) is 2. The fourth-order valence-electron chi connectivity index (χ4n) is 1.81. The third-order valence-electron chi connectivity index (χ3n) is 2.72. The van der Waals surface area contributed by atoms with Gasteiger partial charge in [-0.3, -0.25) is 0 Å². The molecule has 0 aromatic heterocycles.